The number of hydrogen-bond acceptors (Lipinski definition) is 2. The molecule has 0 aliphatic heterocycles. The van der Waals surface area contributed by atoms with Gasteiger partial charge in [0.1, 0.15) is 0 Å². The molecule has 0 saturated carbocycles. The summed E-state index contributed by atoms with van der Waals surface area (Å²) in [5.41, 5.74) is 1.24. The summed E-state index contributed by atoms with van der Waals surface area (Å²) < 4.78 is 7.11. The minimum Gasteiger partial charge on any atom is -0.377 e. The summed E-state index contributed by atoms with van der Waals surface area (Å²) >= 11 is 0. The van der Waals surface area contributed by atoms with Gasteiger partial charge < -0.3 is 9.30 Å². The van der Waals surface area contributed by atoms with Crippen molar-refractivity contribution in [1.82, 2.24) is 9.55 Å². The molecular formula is C13H18N2O. The van der Waals surface area contributed by atoms with E-state index in [0.29, 0.717) is 0 Å². The number of benzene rings is 1. The first kappa shape index (κ1) is 12.5. The molecule has 0 radical (unpaired) electrons. The molecule has 3 nitrogen and oxygen atoms in total. The van der Waals surface area contributed by atoms with E-state index in [-0.39, 0.29) is 0 Å². The summed E-state index contributed by atoms with van der Waals surface area (Å²) in [5, 5.41) is 0. The lowest BCUT2D eigenvalue weighted by molar-refractivity contribution is 0.134. The lowest BCUT2D eigenvalue weighted by atomic mass is 10.2. The molecule has 1 aromatic heterocycles. The van der Waals surface area contributed by atoms with Crippen LogP contribution < -0.4 is 0 Å². The van der Waals surface area contributed by atoms with E-state index in [1.54, 1.807) is 12.5 Å². The second kappa shape index (κ2) is 7.65. The molecular weight excluding hydrogens is 200 g/mol. The van der Waals surface area contributed by atoms with Crippen LogP contribution in [0.4, 0.5) is 0 Å². The Balaban J connectivity index is 0.000000181. The zero-order chi connectivity index (χ0) is 11.6. The molecule has 0 aliphatic carbocycles. The van der Waals surface area contributed by atoms with Gasteiger partial charge in [-0.05, 0) is 12.5 Å². The average Bonchev–Trinajstić information content (AvgIpc) is 2.80. The van der Waals surface area contributed by atoms with Crippen LogP contribution in [0.2, 0.25) is 0 Å². The van der Waals surface area contributed by atoms with Gasteiger partial charge in [-0.2, -0.15) is 0 Å². The minimum atomic E-state index is 0.733. The van der Waals surface area contributed by atoms with Gasteiger partial charge in [0.05, 0.1) is 12.9 Å². The van der Waals surface area contributed by atoms with Crippen LogP contribution in [-0.4, -0.2) is 16.2 Å². The summed E-state index contributed by atoms with van der Waals surface area (Å²) in [6.45, 7) is 3.52. The molecule has 2 rings (SSSR count). The van der Waals surface area contributed by atoms with Crippen LogP contribution in [0.1, 0.15) is 12.5 Å². The zero-order valence-electron chi connectivity index (χ0n) is 9.84. The maximum Gasteiger partial charge on any atom is 0.0943 e. The number of hydrogen-bond donors (Lipinski definition) is 0. The van der Waals surface area contributed by atoms with E-state index >= 15 is 0 Å². The van der Waals surface area contributed by atoms with Gasteiger partial charge in [0, 0.05) is 26.0 Å². The Labute approximate surface area is 96.7 Å². The highest BCUT2D eigenvalue weighted by Gasteiger charge is 1.86. The smallest absolute Gasteiger partial charge is 0.0943 e. The van der Waals surface area contributed by atoms with Crippen molar-refractivity contribution in [2.45, 2.75) is 13.5 Å². The topological polar surface area (TPSA) is 27.1 Å². The number of ether oxygens (including phenoxy) is 1. The van der Waals surface area contributed by atoms with Crippen molar-refractivity contribution in [3.8, 4) is 0 Å². The van der Waals surface area contributed by atoms with Crippen molar-refractivity contribution >= 4 is 0 Å². The standard InChI is InChI=1S/C9H12O.C4H6N2/c1-2-10-8-9-6-4-3-5-7-9;1-6-3-2-5-4-6/h3-7H,2,8H2,1H3;2-4H,1H3. The maximum atomic E-state index is 5.22. The van der Waals surface area contributed by atoms with Crippen LogP contribution in [0.3, 0.4) is 0 Å². The van der Waals surface area contributed by atoms with Crippen LogP contribution >= 0.6 is 0 Å². The normalized spacial score (nSPS) is 9.38. The Kier molecular flexibility index (Phi) is 5.96. The van der Waals surface area contributed by atoms with Gasteiger partial charge in [0.15, 0.2) is 0 Å². The predicted molar refractivity (Wildman–Crippen MR) is 65.0 cm³/mol. The average molecular weight is 218 g/mol. The molecule has 0 fully saturated rings. The number of imidazole rings is 1. The summed E-state index contributed by atoms with van der Waals surface area (Å²) in [6.07, 6.45) is 5.39. The monoisotopic (exact) mass is 218 g/mol. The van der Waals surface area contributed by atoms with Gasteiger partial charge in [-0.15, -0.1) is 0 Å². The quantitative estimate of drug-likeness (QED) is 0.792. The summed E-state index contributed by atoms with van der Waals surface area (Å²) in [6, 6.07) is 10.2. The molecule has 0 unspecified atom stereocenters. The summed E-state index contributed by atoms with van der Waals surface area (Å²) in [4.78, 5) is 3.78. The highest BCUT2D eigenvalue weighted by atomic mass is 16.5. The second-order valence-corrected chi connectivity index (χ2v) is 3.35. The van der Waals surface area contributed by atoms with E-state index in [2.05, 4.69) is 17.1 Å². The van der Waals surface area contributed by atoms with Crippen LogP contribution in [0, 0.1) is 0 Å². The van der Waals surface area contributed by atoms with Gasteiger partial charge in [0.25, 0.3) is 0 Å². The minimum absolute atomic E-state index is 0.733. The summed E-state index contributed by atoms with van der Waals surface area (Å²) in [7, 11) is 1.94. The van der Waals surface area contributed by atoms with Crippen molar-refractivity contribution in [3.05, 3.63) is 54.6 Å². The van der Waals surface area contributed by atoms with Crippen molar-refractivity contribution in [3.63, 3.8) is 0 Å². The van der Waals surface area contributed by atoms with Crippen LogP contribution in [0.25, 0.3) is 0 Å². The van der Waals surface area contributed by atoms with E-state index < -0.39 is 0 Å². The first-order chi connectivity index (χ1) is 7.83. The Morgan fingerprint density at radius 3 is 2.44 bits per heavy atom. The molecule has 16 heavy (non-hydrogen) atoms. The highest BCUT2D eigenvalue weighted by Crippen LogP contribution is 1.99. The molecule has 1 aromatic carbocycles. The number of rotatable bonds is 3. The van der Waals surface area contributed by atoms with Gasteiger partial charge in [-0.3, -0.25) is 0 Å². The lowest BCUT2D eigenvalue weighted by Crippen LogP contribution is -1.90. The van der Waals surface area contributed by atoms with Crippen LogP contribution in [0.5, 0.6) is 0 Å². The van der Waals surface area contributed by atoms with Crippen molar-refractivity contribution in [1.29, 1.82) is 0 Å². The summed E-state index contributed by atoms with van der Waals surface area (Å²) in [5.74, 6) is 0. The van der Waals surface area contributed by atoms with Gasteiger partial charge in [-0.25, -0.2) is 4.98 Å². The zero-order valence-corrected chi connectivity index (χ0v) is 9.84. The molecule has 0 spiro atoms. The maximum absolute atomic E-state index is 5.22. The Morgan fingerprint density at radius 2 is 2.00 bits per heavy atom. The van der Waals surface area contributed by atoms with E-state index in [1.807, 2.05) is 42.9 Å². The molecule has 0 atom stereocenters. The molecule has 1 heterocycles. The molecule has 0 saturated heterocycles. The fraction of sp³-hybridized carbons (Fsp3) is 0.308. The van der Waals surface area contributed by atoms with Gasteiger partial charge >= 0.3 is 0 Å². The van der Waals surface area contributed by atoms with E-state index in [4.69, 9.17) is 4.74 Å². The first-order valence-corrected chi connectivity index (χ1v) is 5.36. The Bertz CT molecular complexity index is 357. The molecule has 0 amide bonds. The molecule has 0 bridgehead atoms. The van der Waals surface area contributed by atoms with Crippen LogP contribution in [0.15, 0.2) is 49.1 Å². The van der Waals surface area contributed by atoms with E-state index in [0.717, 1.165) is 13.2 Å². The molecule has 0 aliphatic rings. The van der Waals surface area contributed by atoms with Crippen molar-refractivity contribution in [2.24, 2.45) is 7.05 Å². The number of nitrogens with zero attached hydrogens (tertiary/aromatic N) is 2. The predicted octanol–water partition coefficient (Wildman–Crippen LogP) is 2.64. The third kappa shape index (κ3) is 5.32. The van der Waals surface area contributed by atoms with E-state index in [1.165, 1.54) is 5.56 Å². The molecule has 2 aromatic rings. The fourth-order valence-electron chi connectivity index (χ4n) is 1.12. The van der Waals surface area contributed by atoms with E-state index in [9.17, 15) is 0 Å². The lowest BCUT2D eigenvalue weighted by Gasteiger charge is -1.98. The van der Waals surface area contributed by atoms with Gasteiger partial charge in [-0.1, -0.05) is 30.3 Å². The SMILES string of the molecule is CCOCc1ccccc1.Cn1ccnc1. The third-order valence-corrected chi connectivity index (χ3v) is 1.95. The highest BCUT2D eigenvalue weighted by molar-refractivity contribution is 5.13. The Hall–Kier alpha value is -1.61. The largest absolute Gasteiger partial charge is 0.377 e. The van der Waals surface area contributed by atoms with Crippen molar-refractivity contribution in [2.75, 3.05) is 6.61 Å². The first-order valence-electron chi connectivity index (χ1n) is 5.36. The third-order valence-electron chi connectivity index (χ3n) is 1.95. The number of aromatic nitrogens is 2. The van der Waals surface area contributed by atoms with Gasteiger partial charge in [0.2, 0.25) is 0 Å². The van der Waals surface area contributed by atoms with Crippen molar-refractivity contribution < 1.29 is 4.74 Å². The molecule has 0 N–H and O–H groups in total. The molecule has 3 heteroatoms. The fourth-order valence-corrected chi connectivity index (χ4v) is 1.12. The van der Waals surface area contributed by atoms with Crippen LogP contribution in [-0.2, 0) is 18.4 Å². The molecule has 86 valence electrons. The second-order valence-electron chi connectivity index (χ2n) is 3.35. The number of aryl methyl sites for hydroxylation is 1. The Morgan fingerprint density at radius 1 is 1.25 bits per heavy atom.